The van der Waals surface area contributed by atoms with Crippen LogP contribution in [0, 0.1) is 10.1 Å². The molecule has 2 unspecified atom stereocenters. The zero-order valence-electron chi connectivity index (χ0n) is 13.4. The zero-order chi connectivity index (χ0) is 18.1. The molecule has 1 amide bonds. The van der Waals surface area contributed by atoms with Crippen LogP contribution in [0.1, 0.15) is 20.8 Å². The molecule has 2 atom stereocenters. The quantitative estimate of drug-likeness (QED) is 0.396. The molecule has 0 aromatic heterocycles. The first kappa shape index (κ1) is 18.6. The molecule has 0 aromatic rings. The Morgan fingerprint density at radius 1 is 1.54 bits per heavy atom. The molecule has 2 aliphatic heterocycles. The van der Waals surface area contributed by atoms with Crippen molar-refractivity contribution >= 4 is 13.7 Å². The van der Waals surface area contributed by atoms with Crippen LogP contribution in [0.4, 0.5) is 0 Å². The highest BCUT2D eigenvalue weighted by atomic mass is 31.2. The van der Waals surface area contributed by atoms with E-state index in [-0.39, 0.29) is 25.7 Å². The number of hydrazine groups is 1. The first-order chi connectivity index (χ1) is 11.1. The van der Waals surface area contributed by atoms with E-state index in [1.165, 1.54) is 30.8 Å². The third kappa shape index (κ3) is 4.02. The molecular formula is C11H19N4O8P. The van der Waals surface area contributed by atoms with Gasteiger partial charge in [-0.05, 0) is 18.8 Å². The third-order valence-corrected chi connectivity index (χ3v) is 4.23. The normalized spacial score (nSPS) is 24.4. The average molecular weight is 366 g/mol. The lowest BCUT2D eigenvalue weighted by Gasteiger charge is -2.36. The largest absolute Gasteiger partial charge is 0.510 e. The van der Waals surface area contributed by atoms with E-state index in [1.54, 1.807) is 0 Å². The number of nitrogens with zero attached hydrogens (tertiary/aromatic N) is 4. The third-order valence-electron chi connectivity index (χ3n) is 3.16. The maximum Gasteiger partial charge on any atom is 0.510 e. The Bertz CT molecular complexity index is 597. The summed E-state index contributed by atoms with van der Waals surface area (Å²) in [5.41, 5.74) is 0. The lowest BCUT2D eigenvalue weighted by atomic mass is 10.4. The van der Waals surface area contributed by atoms with E-state index in [1.807, 2.05) is 0 Å². The number of phosphoric acid groups is 1. The molecular weight excluding hydrogens is 347 g/mol. The lowest BCUT2D eigenvalue weighted by Crippen LogP contribution is -2.54. The van der Waals surface area contributed by atoms with Crippen LogP contribution in [-0.4, -0.2) is 62.8 Å². The predicted octanol–water partition coefficient (Wildman–Crippen LogP) is 0.256. The molecule has 0 bridgehead atoms. The van der Waals surface area contributed by atoms with Crippen molar-refractivity contribution in [1.82, 2.24) is 15.1 Å². The highest BCUT2D eigenvalue weighted by molar-refractivity contribution is 7.47. The van der Waals surface area contributed by atoms with Gasteiger partial charge < -0.3 is 19.7 Å². The van der Waals surface area contributed by atoms with Gasteiger partial charge in [-0.25, -0.2) is 14.6 Å². The second kappa shape index (κ2) is 7.03. The number of carbonyl (C=O) groups is 1. The van der Waals surface area contributed by atoms with Crippen molar-refractivity contribution in [3.8, 4) is 0 Å². The first-order valence-electron chi connectivity index (χ1n) is 7.15. The maximum absolute atomic E-state index is 11.9. The van der Waals surface area contributed by atoms with Crippen LogP contribution >= 0.6 is 7.82 Å². The van der Waals surface area contributed by atoms with Crippen LogP contribution in [0.15, 0.2) is 12.0 Å². The summed E-state index contributed by atoms with van der Waals surface area (Å²) in [5.74, 6) is -0.983. The summed E-state index contributed by atoms with van der Waals surface area (Å²) in [6, 6.07) is 0. The van der Waals surface area contributed by atoms with Gasteiger partial charge >= 0.3 is 13.6 Å². The van der Waals surface area contributed by atoms with Gasteiger partial charge in [0.05, 0.1) is 19.3 Å². The molecule has 1 saturated heterocycles. The Hall–Kier alpha value is -1.72. The molecule has 0 spiro atoms. The molecule has 0 aliphatic carbocycles. The molecule has 1 fully saturated rings. The van der Waals surface area contributed by atoms with Crippen molar-refractivity contribution in [3.05, 3.63) is 22.1 Å². The number of rotatable bonds is 6. The molecule has 0 radical (unpaired) electrons. The van der Waals surface area contributed by atoms with Crippen LogP contribution in [-0.2, 0) is 23.2 Å². The molecule has 0 aromatic carbocycles. The van der Waals surface area contributed by atoms with Crippen molar-refractivity contribution in [3.63, 3.8) is 0 Å². The number of phosphoric ester groups is 1. The van der Waals surface area contributed by atoms with Gasteiger partial charge in [-0.3, -0.25) is 9.32 Å². The second-order valence-corrected chi connectivity index (χ2v) is 6.67. The van der Waals surface area contributed by atoms with Gasteiger partial charge in [0.1, 0.15) is 12.8 Å². The predicted molar refractivity (Wildman–Crippen MR) is 77.9 cm³/mol. The summed E-state index contributed by atoms with van der Waals surface area (Å²) in [4.78, 5) is 32.1. The van der Waals surface area contributed by atoms with E-state index in [0.717, 1.165) is 6.20 Å². The van der Waals surface area contributed by atoms with Crippen LogP contribution < -0.4 is 0 Å². The smallest absolute Gasteiger partial charge is 0.370 e. The van der Waals surface area contributed by atoms with Crippen LogP contribution in [0.5, 0.6) is 0 Å². The van der Waals surface area contributed by atoms with E-state index in [9.17, 15) is 24.4 Å². The van der Waals surface area contributed by atoms with Crippen LogP contribution in [0.25, 0.3) is 0 Å². The topological polar surface area (TPSA) is 135 Å². The number of hydroxylamine groups is 2. The van der Waals surface area contributed by atoms with Crippen LogP contribution in [0.3, 0.4) is 0 Å². The fraction of sp³-hybridized carbons (Fsp3) is 0.727. The summed E-state index contributed by atoms with van der Waals surface area (Å²) in [6.07, 6.45) is -0.481. The first-order valence-corrected chi connectivity index (χ1v) is 8.64. The molecule has 0 saturated carbocycles. The average Bonchev–Trinajstić information content (AvgIpc) is 2.75. The lowest BCUT2D eigenvalue weighted by molar-refractivity contribution is -0.462. The number of hydrogen-bond donors (Lipinski definition) is 1. The molecule has 2 heterocycles. The summed E-state index contributed by atoms with van der Waals surface area (Å²) in [7, 11) is -4.57. The Kier molecular flexibility index (Phi) is 5.45. The minimum absolute atomic E-state index is 0.152. The number of amides is 1. The molecule has 13 heteroatoms. The molecule has 2 rings (SSSR count). The Balaban J connectivity index is 2.22. The standard InChI is InChI=1S/C11H19N4O8P/c1-8(2)22-24(19,20)23-14-9(3)13(6-10(14)15(17)18)12-4-5-21-7-11(12)16/h6,8-9H,4-5,7H2,1-3H3,(H,19,20). The van der Waals surface area contributed by atoms with E-state index in [4.69, 9.17) is 13.9 Å². The Morgan fingerprint density at radius 3 is 2.75 bits per heavy atom. The molecule has 24 heavy (non-hydrogen) atoms. The highest BCUT2D eigenvalue weighted by Crippen LogP contribution is 2.48. The van der Waals surface area contributed by atoms with Gasteiger partial charge in [-0.1, -0.05) is 9.69 Å². The van der Waals surface area contributed by atoms with E-state index >= 15 is 0 Å². The summed E-state index contributed by atoms with van der Waals surface area (Å²) < 4.78 is 26.6. The summed E-state index contributed by atoms with van der Waals surface area (Å²) in [6.45, 7) is 4.82. The maximum atomic E-state index is 11.9. The SMILES string of the molecule is CC(C)OP(=O)(O)ON1C([N+](=O)[O-])=CN(N2CCOCC2=O)C1C. The van der Waals surface area contributed by atoms with Crippen LogP contribution in [0.2, 0.25) is 0 Å². The van der Waals surface area contributed by atoms with Gasteiger partial charge in [-0.15, -0.1) is 0 Å². The minimum Gasteiger partial charge on any atom is -0.370 e. The molecule has 12 nitrogen and oxygen atoms in total. The molecule has 1 N–H and O–H groups in total. The number of ether oxygens (including phenoxy) is 1. The van der Waals surface area contributed by atoms with Crippen molar-refractivity contribution in [2.75, 3.05) is 19.8 Å². The Morgan fingerprint density at radius 2 is 2.21 bits per heavy atom. The number of nitro groups is 1. The van der Waals surface area contributed by atoms with Crippen molar-refractivity contribution < 1.29 is 33.1 Å². The molecule has 2 aliphatic rings. The van der Waals surface area contributed by atoms with Crippen molar-refractivity contribution in [2.45, 2.75) is 33.0 Å². The summed E-state index contributed by atoms with van der Waals surface area (Å²) in [5, 5.41) is 14.4. The van der Waals surface area contributed by atoms with Gasteiger partial charge in [0.25, 0.3) is 5.91 Å². The minimum atomic E-state index is -4.57. The van der Waals surface area contributed by atoms with E-state index < -0.39 is 30.8 Å². The van der Waals surface area contributed by atoms with E-state index in [0.29, 0.717) is 5.06 Å². The number of hydrogen-bond acceptors (Lipinski definition) is 9. The fourth-order valence-corrected chi connectivity index (χ4v) is 3.26. The van der Waals surface area contributed by atoms with E-state index in [2.05, 4.69) is 0 Å². The summed E-state index contributed by atoms with van der Waals surface area (Å²) >= 11 is 0. The van der Waals surface area contributed by atoms with Gasteiger partial charge in [0.2, 0.25) is 6.17 Å². The van der Waals surface area contributed by atoms with Gasteiger partial charge in [-0.2, -0.15) is 0 Å². The molecule has 136 valence electrons. The van der Waals surface area contributed by atoms with Gasteiger partial charge in [0, 0.05) is 6.92 Å². The fourth-order valence-electron chi connectivity index (χ4n) is 2.24. The van der Waals surface area contributed by atoms with Gasteiger partial charge in [0.15, 0.2) is 0 Å². The Labute approximate surface area is 137 Å². The number of morpholine rings is 1. The monoisotopic (exact) mass is 366 g/mol. The zero-order valence-corrected chi connectivity index (χ0v) is 14.3. The highest BCUT2D eigenvalue weighted by Gasteiger charge is 2.48. The van der Waals surface area contributed by atoms with Crippen molar-refractivity contribution in [2.24, 2.45) is 0 Å². The number of carbonyl (C=O) groups excluding carboxylic acids is 1. The van der Waals surface area contributed by atoms with Crippen molar-refractivity contribution in [1.29, 1.82) is 0 Å². The second-order valence-electron chi connectivity index (χ2n) is 5.36.